The van der Waals surface area contributed by atoms with Crippen molar-refractivity contribution >= 4 is 63.9 Å². The second kappa shape index (κ2) is 13.9. The highest BCUT2D eigenvalue weighted by Crippen LogP contribution is 2.35. The minimum Gasteiger partial charge on any atom is -0.384 e. The highest BCUT2D eigenvalue weighted by Gasteiger charge is 2.36. The fourth-order valence-corrected chi connectivity index (χ4v) is 7.13. The van der Waals surface area contributed by atoms with Crippen LogP contribution in [0.15, 0.2) is 30.3 Å². The highest BCUT2D eigenvalue weighted by molar-refractivity contribution is 6.40. The fraction of sp³-hybridized carbons (Fsp3) is 0.548. The Labute approximate surface area is 269 Å². The van der Waals surface area contributed by atoms with E-state index in [9.17, 15) is 14.7 Å². The predicted molar refractivity (Wildman–Crippen MR) is 172 cm³/mol. The average molecular weight is 658 g/mol. The van der Waals surface area contributed by atoms with E-state index in [1.165, 1.54) is 6.92 Å². The lowest BCUT2D eigenvalue weighted by Gasteiger charge is -2.47. The minimum atomic E-state index is -0.929. The van der Waals surface area contributed by atoms with Gasteiger partial charge in [-0.15, -0.1) is 0 Å². The normalized spacial score (nSPS) is 20.0. The fourth-order valence-electron chi connectivity index (χ4n) is 5.85. The number of benzene rings is 2. The molecule has 0 aromatic heterocycles. The van der Waals surface area contributed by atoms with Gasteiger partial charge in [-0.25, -0.2) is 0 Å². The zero-order valence-corrected chi connectivity index (χ0v) is 27.6. The van der Waals surface area contributed by atoms with Gasteiger partial charge in [-0.2, -0.15) is 0 Å². The number of hydrogen-bond acceptors (Lipinski definition) is 5. The van der Waals surface area contributed by atoms with Crippen LogP contribution in [0, 0.1) is 12.3 Å². The molecule has 230 valence electrons. The molecule has 2 aromatic carbocycles. The molecule has 42 heavy (non-hydrogen) atoms. The van der Waals surface area contributed by atoms with Crippen molar-refractivity contribution in [1.29, 1.82) is 0 Å². The van der Waals surface area contributed by atoms with Gasteiger partial charge in [0.15, 0.2) is 0 Å². The van der Waals surface area contributed by atoms with Crippen molar-refractivity contribution in [2.24, 2.45) is 5.41 Å². The number of carbonyl (C=O) groups is 2. The lowest BCUT2D eigenvalue weighted by molar-refractivity contribution is -0.141. The number of anilines is 1. The number of likely N-dealkylation sites (tertiary alicyclic amines) is 3. The van der Waals surface area contributed by atoms with Gasteiger partial charge in [-0.05, 0) is 74.4 Å². The maximum atomic E-state index is 13.0. The number of hydrogen-bond donors (Lipinski definition) is 2. The summed E-state index contributed by atoms with van der Waals surface area (Å²) in [5.41, 5.74) is 2.42. The van der Waals surface area contributed by atoms with E-state index < -0.39 is 6.10 Å². The van der Waals surface area contributed by atoms with Crippen LogP contribution >= 0.6 is 46.4 Å². The molecule has 1 atom stereocenters. The van der Waals surface area contributed by atoms with Crippen molar-refractivity contribution in [3.05, 3.63) is 61.5 Å². The number of carbonyl (C=O) groups excluding carboxylic acids is 2. The molecule has 0 aliphatic carbocycles. The zero-order chi connectivity index (χ0) is 30.8. The minimum absolute atomic E-state index is 0.0997. The third-order valence-corrected chi connectivity index (χ3v) is 9.19. The Balaban J connectivity index is 0.000000385. The Kier molecular flexibility index (Phi) is 11.0. The molecule has 2 N–H and O–H groups in total. The zero-order valence-electron chi connectivity index (χ0n) is 24.6. The van der Waals surface area contributed by atoms with E-state index in [2.05, 4.69) is 24.1 Å². The van der Waals surface area contributed by atoms with Gasteiger partial charge in [-0.1, -0.05) is 60.3 Å². The number of rotatable bonds is 5. The first-order chi connectivity index (χ1) is 19.7. The summed E-state index contributed by atoms with van der Waals surface area (Å²) in [6.45, 7) is 12.4. The van der Waals surface area contributed by atoms with Crippen LogP contribution in [0.4, 0.5) is 5.69 Å². The van der Waals surface area contributed by atoms with Gasteiger partial charge in [0, 0.05) is 61.0 Å². The van der Waals surface area contributed by atoms with Crippen LogP contribution in [-0.4, -0.2) is 89.1 Å². The van der Waals surface area contributed by atoms with E-state index in [0.717, 1.165) is 50.1 Å². The summed E-state index contributed by atoms with van der Waals surface area (Å²) in [5, 5.41) is 15.1. The average Bonchev–Trinajstić information content (AvgIpc) is 3.24. The number of piperidine rings is 1. The molecule has 5 rings (SSSR count). The van der Waals surface area contributed by atoms with Crippen LogP contribution in [0.1, 0.15) is 56.0 Å². The molecule has 1 unspecified atom stereocenters. The monoisotopic (exact) mass is 656 g/mol. The molecule has 0 bridgehead atoms. The summed E-state index contributed by atoms with van der Waals surface area (Å²) in [7, 11) is 0. The standard InChI is InChI=1S/C24H34Cl2N4O3.C7H6Cl2/c1-15(31)22(32)28-7-4-18(5-8-28)30-12-17(13-30)27-16-10-19(25)21(20(26)11-16)23(33)29-9-6-24(2,3)14-29;1-5-2-6(8)4-7(9)3-5/h10-11,15,17-18,27,31H,4-9,12-14H2,1-3H3;2-4H,1H3. The molecule has 0 saturated carbocycles. The summed E-state index contributed by atoms with van der Waals surface area (Å²) in [4.78, 5) is 31.0. The number of halogens is 4. The smallest absolute Gasteiger partial charge is 0.256 e. The molecule has 0 spiro atoms. The Morgan fingerprint density at radius 3 is 1.98 bits per heavy atom. The number of aliphatic hydroxyl groups excluding tert-OH is 1. The van der Waals surface area contributed by atoms with Gasteiger partial charge in [0.25, 0.3) is 11.8 Å². The maximum absolute atomic E-state index is 13.0. The maximum Gasteiger partial charge on any atom is 0.256 e. The molecule has 3 heterocycles. The van der Waals surface area contributed by atoms with Gasteiger partial charge in [0.1, 0.15) is 6.10 Å². The van der Waals surface area contributed by atoms with Gasteiger partial charge in [0.05, 0.1) is 21.7 Å². The van der Waals surface area contributed by atoms with Crippen molar-refractivity contribution in [3.63, 3.8) is 0 Å². The van der Waals surface area contributed by atoms with Gasteiger partial charge in [0.2, 0.25) is 0 Å². The molecule has 3 aliphatic heterocycles. The SMILES string of the molecule is CC(O)C(=O)N1CCC(N2CC(Nc3cc(Cl)c(C(=O)N4CCC(C)(C)C4)c(Cl)c3)C2)CC1.Cc1cc(Cl)cc(Cl)c1. The molecule has 2 amide bonds. The van der Waals surface area contributed by atoms with Gasteiger partial charge < -0.3 is 20.2 Å². The molecular weight excluding hydrogens is 618 g/mol. The quantitative estimate of drug-likeness (QED) is 0.377. The molecule has 3 aliphatic rings. The predicted octanol–water partition coefficient (Wildman–Crippen LogP) is 6.64. The van der Waals surface area contributed by atoms with E-state index in [0.29, 0.717) is 51.3 Å². The van der Waals surface area contributed by atoms with Crippen LogP contribution in [0.25, 0.3) is 0 Å². The van der Waals surface area contributed by atoms with E-state index >= 15 is 0 Å². The molecular formula is C31H40Cl4N4O3. The van der Waals surface area contributed by atoms with Gasteiger partial charge in [-0.3, -0.25) is 14.5 Å². The van der Waals surface area contributed by atoms with Crippen molar-refractivity contribution < 1.29 is 14.7 Å². The number of aliphatic hydroxyl groups is 1. The third kappa shape index (κ3) is 8.46. The lowest BCUT2D eigenvalue weighted by Crippen LogP contribution is -2.60. The number of aryl methyl sites for hydroxylation is 1. The van der Waals surface area contributed by atoms with E-state index in [1.807, 2.05) is 24.0 Å². The summed E-state index contributed by atoms with van der Waals surface area (Å²) in [6, 6.07) is 9.79. The van der Waals surface area contributed by atoms with E-state index in [1.54, 1.807) is 23.1 Å². The first-order valence-electron chi connectivity index (χ1n) is 14.4. The Morgan fingerprint density at radius 1 is 0.929 bits per heavy atom. The molecule has 7 nitrogen and oxygen atoms in total. The third-order valence-electron chi connectivity index (χ3n) is 8.16. The van der Waals surface area contributed by atoms with Crippen LogP contribution < -0.4 is 5.32 Å². The number of amides is 2. The van der Waals surface area contributed by atoms with E-state index in [-0.39, 0.29) is 23.3 Å². The highest BCUT2D eigenvalue weighted by atomic mass is 35.5. The lowest BCUT2D eigenvalue weighted by atomic mass is 9.93. The summed E-state index contributed by atoms with van der Waals surface area (Å²) in [5.74, 6) is -0.280. The van der Waals surface area contributed by atoms with Crippen LogP contribution in [0.2, 0.25) is 20.1 Å². The number of nitrogens with one attached hydrogen (secondary N) is 1. The topological polar surface area (TPSA) is 76.1 Å². The van der Waals surface area contributed by atoms with Crippen LogP contribution in [-0.2, 0) is 4.79 Å². The van der Waals surface area contributed by atoms with Crippen molar-refractivity contribution in [2.75, 3.05) is 44.6 Å². The number of nitrogens with zero attached hydrogens (tertiary/aromatic N) is 3. The first kappa shape index (κ1) is 33.2. The molecule has 11 heteroatoms. The summed E-state index contributed by atoms with van der Waals surface area (Å²) in [6.07, 6.45) is 1.89. The Bertz CT molecular complexity index is 1220. The van der Waals surface area contributed by atoms with Crippen molar-refractivity contribution in [2.45, 2.75) is 65.1 Å². The summed E-state index contributed by atoms with van der Waals surface area (Å²) < 4.78 is 0. The van der Waals surface area contributed by atoms with Crippen molar-refractivity contribution in [1.82, 2.24) is 14.7 Å². The van der Waals surface area contributed by atoms with E-state index in [4.69, 9.17) is 46.4 Å². The Morgan fingerprint density at radius 2 is 1.50 bits per heavy atom. The molecule has 0 radical (unpaired) electrons. The summed E-state index contributed by atoms with van der Waals surface area (Å²) >= 11 is 24.3. The molecule has 2 aromatic rings. The second-order valence-corrected chi connectivity index (χ2v) is 14.1. The molecule has 3 saturated heterocycles. The Hall–Kier alpha value is -1.74. The largest absolute Gasteiger partial charge is 0.384 e. The van der Waals surface area contributed by atoms with Gasteiger partial charge >= 0.3 is 0 Å². The van der Waals surface area contributed by atoms with Crippen LogP contribution in [0.5, 0.6) is 0 Å². The first-order valence-corrected chi connectivity index (χ1v) is 15.9. The van der Waals surface area contributed by atoms with Crippen molar-refractivity contribution in [3.8, 4) is 0 Å². The molecule has 3 fully saturated rings. The van der Waals surface area contributed by atoms with Crippen LogP contribution in [0.3, 0.4) is 0 Å². The second-order valence-electron chi connectivity index (χ2n) is 12.4.